The van der Waals surface area contributed by atoms with E-state index in [2.05, 4.69) is 0 Å². The number of nitrogens with two attached hydrogens (primary N) is 1. The Morgan fingerprint density at radius 2 is 1.81 bits per heavy atom. The van der Waals surface area contributed by atoms with Crippen LogP contribution in [0.3, 0.4) is 0 Å². The van der Waals surface area contributed by atoms with Gasteiger partial charge in [0, 0.05) is 10.4 Å². The van der Waals surface area contributed by atoms with Gasteiger partial charge in [-0.2, -0.15) is 0 Å². The maximum Gasteiger partial charge on any atom is 0.248 e. The first kappa shape index (κ1) is 10.6. The summed E-state index contributed by atoms with van der Waals surface area (Å²) in [6.07, 6.45) is 0.825. The summed E-state index contributed by atoms with van der Waals surface area (Å²) in [7, 11) is 0. The van der Waals surface area contributed by atoms with Gasteiger partial charge in [0.2, 0.25) is 5.91 Å². The van der Waals surface area contributed by atoms with Crippen molar-refractivity contribution < 1.29 is 9.59 Å². The van der Waals surface area contributed by atoms with Gasteiger partial charge in [0.25, 0.3) is 0 Å². The van der Waals surface area contributed by atoms with Crippen molar-refractivity contribution in [3.8, 4) is 10.4 Å². The van der Waals surface area contributed by atoms with E-state index in [1.165, 1.54) is 11.3 Å². The Labute approximate surface area is 96.5 Å². The van der Waals surface area contributed by atoms with E-state index in [9.17, 15) is 9.59 Å². The van der Waals surface area contributed by atoms with Gasteiger partial charge >= 0.3 is 0 Å². The molecule has 2 rings (SSSR count). The third-order valence-electron chi connectivity index (χ3n) is 2.20. The molecule has 0 unspecified atom stereocenters. The molecule has 0 aliphatic rings. The highest BCUT2D eigenvalue weighted by Gasteiger charge is 2.04. The van der Waals surface area contributed by atoms with E-state index < -0.39 is 5.91 Å². The average molecular weight is 231 g/mol. The van der Waals surface area contributed by atoms with Crippen LogP contribution in [0.1, 0.15) is 20.0 Å². The molecule has 0 saturated heterocycles. The smallest absolute Gasteiger partial charge is 0.248 e. The number of hydrogen-bond donors (Lipinski definition) is 1. The second kappa shape index (κ2) is 4.28. The van der Waals surface area contributed by atoms with Crippen molar-refractivity contribution in [2.75, 3.05) is 0 Å². The minimum Gasteiger partial charge on any atom is -0.366 e. The molecule has 1 heterocycles. The van der Waals surface area contributed by atoms with Crippen molar-refractivity contribution in [3.63, 3.8) is 0 Å². The molecule has 1 aromatic heterocycles. The lowest BCUT2D eigenvalue weighted by Gasteiger charge is -1.98. The van der Waals surface area contributed by atoms with E-state index in [4.69, 9.17) is 5.73 Å². The van der Waals surface area contributed by atoms with Crippen LogP contribution >= 0.6 is 11.3 Å². The normalized spacial score (nSPS) is 10.0. The van der Waals surface area contributed by atoms with Crippen LogP contribution in [-0.4, -0.2) is 12.2 Å². The van der Waals surface area contributed by atoms with E-state index in [1.54, 1.807) is 18.2 Å². The molecule has 0 aliphatic carbocycles. The quantitative estimate of drug-likeness (QED) is 0.824. The first-order chi connectivity index (χ1) is 7.70. The van der Waals surface area contributed by atoms with Crippen LogP contribution in [0.5, 0.6) is 0 Å². The first-order valence-corrected chi connectivity index (χ1v) is 5.47. The van der Waals surface area contributed by atoms with E-state index in [-0.39, 0.29) is 0 Å². The van der Waals surface area contributed by atoms with E-state index in [1.807, 2.05) is 18.2 Å². The number of rotatable bonds is 3. The number of carbonyl (C=O) groups excluding carboxylic acids is 2. The first-order valence-electron chi connectivity index (χ1n) is 4.66. The zero-order valence-electron chi connectivity index (χ0n) is 8.34. The van der Waals surface area contributed by atoms with Gasteiger partial charge < -0.3 is 5.73 Å². The van der Waals surface area contributed by atoms with Crippen molar-refractivity contribution in [2.24, 2.45) is 5.73 Å². The molecule has 16 heavy (non-hydrogen) atoms. The molecule has 2 N–H and O–H groups in total. The van der Waals surface area contributed by atoms with Gasteiger partial charge in [-0.15, -0.1) is 11.3 Å². The van der Waals surface area contributed by atoms with Crippen molar-refractivity contribution in [3.05, 3.63) is 46.8 Å². The molecule has 1 amide bonds. The number of hydrogen-bond acceptors (Lipinski definition) is 3. The van der Waals surface area contributed by atoms with E-state index >= 15 is 0 Å². The Morgan fingerprint density at radius 3 is 2.31 bits per heavy atom. The molecule has 0 fully saturated rings. The van der Waals surface area contributed by atoms with Crippen molar-refractivity contribution >= 4 is 23.5 Å². The third kappa shape index (κ3) is 2.01. The number of primary amides is 1. The molecule has 0 bridgehead atoms. The molecular formula is C12H9NO2S. The Bertz CT molecular complexity index is 528. The summed E-state index contributed by atoms with van der Waals surface area (Å²) >= 11 is 1.42. The topological polar surface area (TPSA) is 60.2 Å². The lowest BCUT2D eigenvalue weighted by Crippen LogP contribution is -2.10. The van der Waals surface area contributed by atoms with Crippen LogP contribution < -0.4 is 5.73 Å². The van der Waals surface area contributed by atoms with Crippen LogP contribution in [-0.2, 0) is 0 Å². The Kier molecular flexibility index (Phi) is 2.83. The van der Waals surface area contributed by atoms with Crippen LogP contribution in [0.15, 0.2) is 36.4 Å². The van der Waals surface area contributed by atoms with Gasteiger partial charge in [-0.3, -0.25) is 9.59 Å². The molecule has 3 nitrogen and oxygen atoms in total. The van der Waals surface area contributed by atoms with E-state index in [0.29, 0.717) is 10.4 Å². The Balaban J connectivity index is 2.34. The average Bonchev–Trinajstić information content (AvgIpc) is 2.77. The number of amides is 1. The predicted octanol–water partition coefficient (Wildman–Crippen LogP) is 2.33. The summed E-state index contributed by atoms with van der Waals surface area (Å²) < 4.78 is 0. The monoisotopic (exact) mass is 231 g/mol. The lowest BCUT2D eigenvalue weighted by atomic mass is 10.1. The summed E-state index contributed by atoms with van der Waals surface area (Å²) in [5.74, 6) is -0.439. The molecular weight excluding hydrogens is 222 g/mol. The second-order valence-corrected chi connectivity index (χ2v) is 4.38. The van der Waals surface area contributed by atoms with Crippen LogP contribution in [0.2, 0.25) is 0 Å². The zero-order valence-corrected chi connectivity index (χ0v) is 9.16. The SMILES string of the molecule is NC(=O)c1ccc(-c2ccc(C=O)s2)cc1. The fraction of sp³-hybridized carbons (Fsp3) is 0. The van der Waals surface area contributed by atoms with Crippen LogP contribution in [0.4, 0.5) is 0 Å². The standard InChI is InChI=1S/C12H9NO2S/c13-12(15)9-3-1-8(2-4-9)11-6-5-10(7-14)16-11/h1-7H,(H2,13,15). The molecule has 1 aromatic carbocycles. The van der Waals surface area contributed by atoms with Crippen LogP contribution in [0, 0.1) is 0 Å². The summed E-state index contributed by atoms with van der Waals surface area (Å²) in [6, 6.07) is 10.7. The number of carbonyl (C=O) groups is 2. The molecule has 0 radical (unpaired) electrons. The van der Waals surface area contributed by atoms with Gasteiger partial charge in [0.15, 0.2) is 6.29 Å². The molecule has 0 aliphatic heterocycles. The number of benzene rings is 1. The van der Waals surface area contributed by atoms with Crippen molar-refractivity contribution in [2.45, 2.75) is 0 Å². The summed E-state index contributed by atoms with van der Waals surface area (Å²) in [5.41, 5.74) is 6.60. The summed E-state index contributed by atoms with van der Waals surface area (Å²) in [6.45, 7) is 0. The van der Waals surface area contributed by atoms with Gasteiger partial charge in [0.05, 0.1) is 4.88 Å². The molecule has 2 aromatic rings. The second-order valence-electron chi connectivity index (χ2n) is 3.26. The largest absolute Gasteiger partial charge is 0.366 e. The molecule has 80 valence electrons. The molecule has 0 saturated carbocycles. The highest BCUT2D eigenvalue weighted by molar-refractivity contribution is 7.17. The zero-order chi connectivity index (χ0) is 11.5. The third-order valence-corrected chi connectivity index (χ3v) is 3.26. The fourth-order valence-corrected chi connectivity index (χ4v) is 2.20. The van der Waals surface area contributed by atoms with Gasteiger partial charge in [-0.25, -0.2) is 0 Å². The van der Waals surface area contributed by atoms with Crippen molar-refractivity contribution in [1.82, 2.24) is 0 Å². The van der Waals surface area contributed by atoms with Crippen LogP contribution in [0.25, 0.3) is 10.4 Å². The summed E-state index contributed by atoms with van der Waals surface area (Å²) in [5, 5.41) is 0. The van der Waals surface area contributed by atoms with Gasteiger partial charge in [-0.1, -0.05) is 12.1 Å². The lowest BCUT2D eigenvalue weighted by molar-refractivity contribution is 0.1000. The van der Waals surface area contributed by atoms with Crippen molar-refractivity contribution in [1.29, 1.82) is 0 Å². The highest BCUT2D eigenvalue weighted by Crippen LogP contribution is 2.27. The molecule has 0 spiro atoms. The predicted molar refractivity (Wildman–Crippen MR) is 63.7 cm³/mol. The Hall–Kier alpha value is -1.94. The van der Waals surface area contributed by atoms with Gasteiger partial charge in [-0.05, 0) is 29.8 Å². The number of aldehydes is 1. The van der Waals surface area contributed by atoms with E-state index in [0.717, 1.165) is 16.7 Å². The maximum atomic E-state index is 10.9. The number of thiophene rings is 1. The maximum absolute atomic E-state index is 10.9. The Morgan fingerprint density at radius 1 is 1.12 bits per heavy atom. The molecule has 4 heteroatoms. The van der Waals surface area contributed by atoms with Gasteiger partial charge in [0.1, 0.15) is 0 Å². The molecule has 0 atom stereocenters. The minimum absolute atomic E-state index is 0.439. The highest BCUT2D eigenvalue weighted by atomic mass is 32.1. The summed E-state index contributed by atoms with van der Waals surface area (Å²) in [4.78, 5) is 23.1. The fourth-order valence-electron chi connectivity index (χ4n) is 1.37. The minimum atomic E-state index is -0.439.